The molecule has 1 fully saturated rings. The van der Waals surface area contributed by atoms with Gasteiger partial charge in [0.1, 0.15) is 11.6 Å². The summed E-state index contributed by atoms with van der Waals surface area (Å²) in [6, 6.07) is 1.41. The Hall–Kier alpha value is -2.35. The number of rotatable bonds is 4. The first-order chi connectivity index (χ1) is 11.5. The first-order valence-corrected chi connectivity index (χ1v) is 8.18. The minimum atomic E-state index is -1.06. The van der Waals surface area contributed by atoms with Crippen molar-refractivity contribution in [2.75, 3.05) is 18.0 Å². The summed E-state index contributed by atoms with van der Waals surface area (Å²) in [6.07, 6.45) is 3.14. The van der Waals surface area contributed by atoms with Gasteiger partial charge in [-0.1, -0.05) is 11.6 Å². The molecule has 1 aliphatic rings. The van der Waals surface area contributed by atoms with Crippen LogP contribution in [0.15, 0.2) is 17.1 Å². The molecular weight excluding hydrogens is 334 g/mol. The monoisotopic (exact) mass is 351 g/mol. The van der Waals surface area contributed by atoms with Crippen LogP contribution in [0.5, 0.6) is 0 Å². The van der Waals surface area contributed by atoms with E-state index in [0.717, 1.165) is 25.2 Å². The Kier molecular flexibility index (Phi) is 4.57. The maximum atomic E-state index is 11.8. The molecule has 2 aromatic rings. The Morgan fingerprint density at radius 3 is 3.00 bits per heavy atom. The zero-order valence-electron chi connectivity index (χ0n) is 13.2. The molecule has 0 aromatic carbocycles. The van der Waals surface area contributed by atoms with Gasteiger partial charge in [-0.25, -0.2) is 19.7 Å². The number of aromatic carboxylic acids is 1. The molecule has 0 amide bonds. The zero-order valence-corrected chi connectivity index (χ0v) is 14.0. The van der Waals surface area contributed by atoms with Crippen molar-refractivity contribution in [1.82, 2.24) is 19.7 Å². The lowest BCUT2D eigenvalue weighted by Crippen LogP contribution is -2.36. The smallest absolute Gasteiger partial charge is 0.343 e. The average Bonchev–Trinajstić information content (AvgIpc) is 2.95. The van der Waals surface area contributed by atoms with Crippen molar-refractivity contribution in [1.29, 1.82) is 0 Å². The molecule has 0 saturated carbocycles. The second-order valence-electron chi connectivity index (χ2n) is 5.75. The van der Waals surface area contributed by atoms with Crippen LogP contribution >= 0.6 is 11.6 Å². The number of aromatic amines is 1. The van der Waals surface area contributed by atoms with Gasteiger partial charge in [0.15, 0.2) is 0 Å². The van der Waals surface area contributed by atoms with Gasteiger partial charge in [0, 0.05) is 31.7 Å². The van der Waals surface area contributed by atoms with Crippen LogP contribution < -0.4 is 10.6 Å². The fourth-order valence-electron chi connectivity index (χ4n) is 3.11. The predicted molar refractivity (Wildman–Crippen MR) is 88.9 cm³/mol. The molecule has 0 radical (unpaired) electrons. The van der Waals surface area contributed by atoms with Crippen molar-refractivity contribution in [2.45, 2.75) is 32.2 Å². The molecule has 8 nitrogen and oxygen atoms in total. The van der Waals surface area contributed by atoms with Crippen molar-refractivity contribution < 1.29 is 9.90 Å². The van der Waals surface area contributed by atoms with Crippen molar-refractivity contribution in [3.8, 4) is 0 Å². The third kappa shape index (κ3) is 3.01. The Morgan fingerprint density at radius 2 is 2.33 bits per heavy atom. The molecule has 0 aliphatic carbocycles. The lowest BCUT2D eigenvalue weighted by Gasteiger charge is -2.33. The summed E-state index contributed by atoms with van der Waals surface area (Å²) in [5.41, 5.74) is -0.143. The molecule has 3 rings (SSSR count). The predicted octanol–water partition coefficient (Wildman–Crippen LogP) is 1.72. The van der Waals surface area contributed by atoms with Crippen LogP contribution in [0, 0.1) is 0 Å². The van der Waals surface area contributed by atoms with Crippen molar-refractivity contribution in [3.63, 3.8) is 0 Å². The lowest BCUT2D eigenvalue weighted by atomic mass is 9.97. The summed E-state index contributed by atoms with van der Waals surface area (Å²) in [4.78, 5) is 29.0. The SMILES string of the molecule is CCn1c(C2CCCN(c3ncc(C(=O)O)cc3Cl)C2)n[nH]c1=O. The molecule has 1 unspecified atom stereocenters. The highest BCUT2D eigenvalue weighted by atomic mass is 35.5. The van der Waals surface area contributed by atoms with E-state index < -0.39 is 5.97 Å². The van der Waals surface area contributed by atoms with Gasteiger partial charge in [0.2, 0.25) is 0 Å². The molecule has 3 heterocycles. The number of anilines is 1. The van der Waals surface area contributed by atoms with Crippen LogP contribution in [0.25, 0.3) is 0 Å². The molecule has 1 saturated heterocycles. The molecule has 0 bridgehead atoms. The maximum Gasteiger partial charge on any atom is 0.343 e. The van der Waals surface area contributed by atoms with Gasteiger partial charge in [-0.3, -0.25) is 4.57 Å². The average molecular weight is 352 g/mol. The molecular formula is C15H18ClN5O3. The number of hydrogen-bond acceptors (Lipinski definition) is 5. The number of pyridine rings is 1. The van der Waals surface area contributed by atoms with Gasteiger partial charge in [-0.05, 0) is 25.8 Å². The molecule has 1 atom stereocenters. The number of halogens is 1. The first kappa shape index (κ1) is 16.5. The number of hydrogen-bond donors (Lipinski definition) is 2. The van der Waals surface area contributed by atoms with Crippen LogP contribution in [0.1, 0.15) is 41.9 Å². The third-order valence-electron chi connectivity index (χ3n) is 4.26. The lowest BCUT2D eigenvalue weighted by molar-refractivity contribution is 0.0696. The number of carboxylic acids is 1. The second kappa shape index (κ2) is 6.64. The Morgan fingerprint density at radius 1 is 1.54 bits per heavy atom. The highest BCUT2D eigenvalue weighted by Gasteiger charge is 2.27. The number of carbonyl (C=O) groups is 1. The minimum absolute atomic E-state index is 0.0597. The van der Waals surface area contributed by atoms with E-state index in [1.807, 2.05) is 11.8 Å². The molecule has 1 aliphatic heterocycles. The van der Waals surface area contributed by atoms with Crippen molar-refractivity contribution in [2.24, 2.45) is 0 Å². The molecule has 2 N–H and O–H groups in total. The normalized spacial score (nSPS) is 17.9. The van der Waals surface area contributed by atoms with E-state index >= 15 is 0 Å². The van der Waals surface area contributed by atoms with E-state index in [1.165, 1.54) is 12.3 Å². The number of H-pyrrole nitrogens is 1. The summed E-state index contributed by atoms with van der Waals surface area (Å²) in [5.74, 6) is 0.336. The standard InChI is InChI=1S/C15H18ClN5O3/c1-2-21-12(18-19-15(21)24)9-4-3-5-20(8-9)13-11(16)6-10(7-17-13)14(22)23/h6-7,9H,2-5,8H2,1H3,(H,19,24)(H,22,23). The van der Waals surface area contributed by atoms with E-state index in [-0.39, 0.29) is 17.2 Å². The first-order valence-electron chi connectivity index (χ1n) is 7.80. The summed E-state index contributed by atoms with van der Waals surface area (Å²) < 4.78 is 1.64. The summed E-state index contributed by atoms with van der Waals surface area (Å²) in [6.45, 7) is 3.87. The van der Waals surface area contributed by atoms with Gasteiger partial charge in [0.25, 0.3) is 0 Å². The fourth-order valence-corrected chi connectivity index (χ4v) is 3.39. The number of aromatic nitrogens is 4. The van der Waals surface area contributed by atoms with Gasteiger partial charge >= 0.3 is 11.7 Å². The van der Waals surface area contributed by atoms with Crippen LogP contribution in [0.4, 0.5) is 5.82 Å². The maximum absolute atomic E-state index is 11.8. The zero-order chi connectivity index (χ0) is 17.3. The van der Waals surface area contributed by atoms with Crippen LogP contribution in [-0.4, -0.2) is 43.9 Å². The molecule has 2 aromatic heterocycles. The van der Waals surface area contributed by atoms with Crippen LogP contribution in [0.3, 0.4) is 0 Å². The summed E-state index contributed by atoms with van der Waals surface area (Å²) >= 11 is 6.22. The number of nitrogens with zero attached hydrogens (tertiary/aromatic N) is 4. The van der Waals surface area contributed by atoms with Gasteiger partial charge in [-0.15, -0.1) is 0 Å². The molecule has 9 heteroatoms. The van der Waals surface area contributed by atoms with E-state index in [4.69, 9.17) is 16.7 Å². The number of nitrogens with one attached hydrogen (secondary N) is 1. The van der Waals surface area contributed by atoms with Crippen molar-refractivity contribution >= 4 is 23.4 Å². The Bertz CT molecular complexity index is 816. The molecule has 0 spiro atoms. The number of carboxylic acid groups (broad SMARTS) is 1. The largest absolute Gasteiger partial charge is 0.478 e. The Labute approximate surface area is 143 Å². The summed E-state index contributed by atoms with van der Waals surface area (Å²) in [5, 5.41) is 16.0. The van der Waals surface area contributed by atoms with Gasteiger partial charge in [0.05, 0.1) is 10.6 Å². The second-order valence-corrected chi connectivity index (χ2v) is 6.16. The highest BCUT2D eigenvalue weighted by molar-refractivity contribution is 6.33. The van der Waals surface area contributed by atoms with E-state index in [2.05, 4.69) is 15.2 Å². The van der Waals surface area contributed by atoms with E-state index in [0.29, 0.717) is 23.9 Å². The van der Waals surface area contributed by atoms with Crippen molar-refractivity contribution in [3.05, 3.63) is 39.2 Å². The van der Waals surface area contributed by atoms with Crippen LogP contribution in [0.2, 0.25) is 5.02 Å². The third-order valence-corrected chi connectivity index (χ3v) is 4.54. The topological polar surface area (TPSA) is 104 Å². The Balaban J connectivity index is 1.86. The number of piperidine rings is 1. The van der Waals surface area contributed by atoms with E-state index in [9.17, 15) is 9.59 Å². The minimum Gasteiger partial charge on any atom is -0.478 e. The van der Waals surface area contributed by atoms with Gasteiger partial charge in [-0.2, -0.15) is 5.10 Å². The van der Waals surface area contributed by atoms with Crippen LogP contribution in [-0.2, 0) is 6.54 Å². The quantitative estimate of drug-likeness (QED) is 0.869. The fraction of sp³-hybridized carbons (Fsp3) is 0.467. The highest BCUT2D eigenvalue weighted by Crippen LogP contribution is 2.31. The summed E-state index contributed by atoms with van der Waals surface area (Å²) in [7, 11) is 0. The molecule has 128 valence electrons. The van der Waals surface area contributed by atoms with Gasteiger partial charge < -0.3 is 10.0 Å². The van der Waals surface area contributed by atoms with E-state index in [1.54, 1.807) is 4.57 Å². The molecule has 24 heavy (non-hydrogen) atoms.